The van der Waals surface area contributed by atoms with E-state index in [1.807, 2.05) is 0 Å². The maximum atomic E-state index is 9.17. The standard InChI is InChI=1S/C8H10O3/c1-2-3-6-8-7(11-8)5(9)4-10-6/h2,5-6,9H,1,3-4H2/t5-,6-/m1/s1. The lowest BCUT2D eigenvalue weighted by Gasteiger charge is -2.13. The fourth-order valence-electron chi connectivity index (χ4n) is 1.23. The van der Waals surface area contributed by atoms with E-state index < -0.39 is 6.10 Å². The van der Waals surface area contributed by atoms with E-state index >= 15 is 0 Å². The van der Waals surface area contributed by atoms with Crippen LogP contribution in [0.15, 0.2) is 24.2 Å². The third-order valence-corrected chi connectivity index (χ3v) is 1.85. The van der Waals surface area contributed by atoms with Crippen LogP contribution in [0.5, 0.6) is 0 Å². The Morgan fingerprint density at radius 1 is 1.64 bits per heavy atom. The van der Waals surface area contributed by atoms with Crippen molar-refractivity contribution >= 4 is 0 Å². The Bertz CT molecular complexity index is 219. The van der Waals surface area contributed by atoms with Crippen molar-refractivity contribution in [3.63, 3.8) is 0 Å². The van der Waals surface area contributed by atoms with Gasteiger partial charge in [-0.1, -0.05) is 6.08 Å². The Morgan fingerprint density at radius 2 is 2.45 bits per heavy atom. The first kappa shape index (κ1) is 6.88. The van der Waals surface area contributed by atoms with Gasteiger partial charge in [0.05, 0.1) is 6.61 Å². The van der Waals surface area contributed by atoms with Gasteiger partial charge in [-0.15, -0.1) is 6.58 Å². The molecule has 2 heterocycles. The molecule has 0 spiro atoms. The van der Waals surface area contributed by atoms with Gasteiger partial charge in [0.1, 0.15) is 12.2 Å². The molecule has 0 saturated carbocycles. The molecule has 2 aliphatic heterocycles. The first-order valence-corrected chi connectivity index (χ1v) is 3.65. The fourth-order valence-corrected chi connectivity index (χ4v) is 1.23. The molecule has 1 N–H and O–H groups in total. The van der Waals surface area contributed by atoms with Crippen LogP contribution < -0.4 is 0 Å². The highest BCUT2D eigenvalue weighted by molar-refractivity contribution is 5.28. The molecule has 0 aromatic rings. The zero-order valence-corrected chi connectivity index (χ0v) is 6.12. The van der Waals surface area contributed by atoms with E-state index in [0.717, 1.165) is 12.2 Å². The number of ether oxygens (including phenoxy) is 2. The number of aliphatic hydroxyl groups excluding tert-OH is 1. The maximum Gasteiger partial charge on any atom is 0.176 e. The van der Waals surface area contributed by atoms with E-state index in [9.17, 15) is 5.11 Å². The second-order valence-electron chi connectivity index (χ2n) is 2.69. The van der Waals surface area contributed by atoms with Crippen molar-refractivity contribution in [2.45, 2.75) is 18.6 Å². The van der Waals surface area contributed by atoms with Gasteiger partial charge in [0, 0.05) is 0 Å². The summed E-state index contributed by atoms with van der Waals surface area (Å²) in [7, 11) is 0. The van der Waals surface area contributed by atoms with Crippen LogP contribution in [0.3, 0.4) is 0 Å². The van der Waals surface area contributed by atoms with E-state index in [1.165, 1.54) is 0 Å². The Kier molecular flexibility index (Phi) is 1.47. The summed E-state index contributed by atoms with van der Waals surface area (Å²) in [6, 6.07) is 0. The summed E-state index contributed by atoms with van der Waals surface area (Å²) in [5.41, 5.74) is 0. The van der Waals surface area contributed by atoms with E-state index in [-0.39, 0.29) is 6.10 Å². The molecule has 0 radical (unpaired) electrons. The van der Waals surface area contributed by atoms with Crippen LogP contribution in [0.1, 0.15) is 6.42 Å². The molecule has 60 valence electrons. The van der Waals surface area contributed by atoms with E-state index in [4.69, 9.17) is 9.47 Å². The summed E-state index contributed by atoms with van der Waals surface area (Å²) in [4.78, 5) is 0. The lowest BCUT2D eigenvalue weighted by atomic mass is 10.1. The Morgan fingerprint density at radius 3 is 3.18 bits per heavy atom. The van der Waals surface area contributed by atoms with Gasteiger partial charge in [0.15, 0.2) is 11.5 Å². The largest absolute Gasteiger partial charge is 0.453 e. The van der Waals surface area contributed by atoms with Gasteiger partial charge in [-0.25, -0.2) is 0 Å². The third kappa shape index (κ3) is 1.06. The summed E-state index contributed by atoms with van der Waals surface area (Å²) >= 11 is 0. The molecular weight excluding hydrogens is 144 g/mol. The SMILES string of the molecule is C=CC[C@H]1OC[C@@H](O)C2=C1O2. The lowest BCUT2D eigenvalue weighted by Crippen LogP contribution is -2.23. The molecule has 3 nitrogen and oxygen atoms in total. The molecule has 0 amide bonds. The van der Waals surface area contributed by atoms with Gasteiger partial charge < -0.3 is 14.6 Å². The predicted octanol–water partition coefficient (Wildman–Crippen LogP) is 0.564. The van der Waals surface area contributed by atoms with Gasteiger partial charge in [-0.05, 0) is 6.42 Å². The van der Waals surface area contributed by atoms with Crippen molar-refractivity contribution in [2.75, 3.05) is 6.61 Å². The van der Waals surface area contributed by atoms with Crippen molar-refractivity contribution in [2.24, 2.45) is 0 Å². The summed E-state index contributed by atoms with van der Waals surface area (Å²) < 4.78 is 10.3. The monoisotopic (exact) mass is 154 g/mol. The van der Waals surface area contributed by atoms with Gasteiger partial charge in [0.25, 0.3) is 0 Å². The highest BCUT2D eigenvalue weighted by Crippen LogP contribution is 2.38. The maximum absolute atomic E-state index is 9.17. The Labute approximate surface area is 64.9 Å². The average Bonchev–Trinajstić information content (AvgIpc) is 2.75. The van der Waals surface area contributed by atoms with Gasteiger partial charge in [0.2, 0.25) is 0 Å². The highest BCUT2D eigenvalue weighted by Gasteiger charge is 2.42. The number of rotatable bonds is 2. The quantitative estimate of drug-likeness (QED) is 0.591. The van der Waals surface area contributed by atoms with Crippen LogP contribution in [0.4, 0.5) is 0 Å². The Balaban J connectivity index is 2.05. The zero-order chi connectivity index (χ0) is 7.84. The minimum absolute atomic E-state index is 0.00546. The number of hydrogen-bond acceptors (Lipinski definition) is 3. The molecule has 0 saturated heterocycles. The van der Waals surface area contributed by atoms with Crippen LogP contribution in [0.2, 0.25) is 0 Å². The second kappa shape index (κ2) is 2.36. The molecule has 0 fully saturated rings. The van der Waals surface area contributed by atoms with Crippen molar-refractivity contribution < 1.29 is 14.6 Å². The topological polar surface area (TPSA) is 42.0 Å². The molecule has 0 bridgehead atoms. The van der Waals surface area contributed by atoms with Crippen LogP contribution >= 0.6 is 0 Å². The predicted molar refractivity (Wildman–Crippen MR) is 38.7 cm³/mol. The molecule has 0 aromatic heterocycles. The van der Waals surface area contributed by atoms with Crippen molar-refractivity contribution in [1.82, 2.24) is 0 Å². The van der Waals surface area contributed by atoms with Gasteiger partial charge >= 0.3 is 0 Å². The van der Waals surface area contributed by atoms with E-state index in [1.54, 1.807) is 6.08 Å². The minimum atomic E-state index is -0.536. The third-order valence-electron chi connectivity index (χ3n) is 1.85. The average molecular weight is 154 g/mol. The van der Waals surface area contributed by atoms with Crippen molar-refractivity contribution in [3.05, 3.63) is 24.2 Å². The van der Waals surface area contributed by atoms with Crippen LogP contribution in [0, 0.1) is 0 Å². The van der Waals surface area contributed by atoms with Crippen LogP contribution in [-0.2, 0) is 9.47 Å². The molecule has 2 rings (SSSR count). The zero-order valence-electron chi connectivity index (χ0n) is 6.12. The first-order valence-electron chi connectivity index (χ1n) is 3.65. The summed E-state index contributed by atoms with van der Waals surface area (Å²) in [5.74, 6) is 1.52. The number of aliphatic hydroxyl groups is 1. The molecular formula is C8H10O3. The first-order chi connectivity index (χ1) is 5.33. The molecule has 2 atom stereocenters. The molecule has 0 aliphatic carbocycles. The molecule has 0 unspecified atom stereocenters. The minimum Gasteiger partial charge on any atom is -0.453 e. The smallest absolute Gasteiger partial charge is 0.176 e. The van der Waals surface area contributed by atoms with Crippen LogP contribution in [-0.4, -0.2) is 23.9 Å². The second-order valence-corrected chi connectivity index (χ2v) is 2.69. The Hall–Kier alpha value is -0.800. The molecule has 0 aromatic carbocycles. The van der Waals surface area contributed by atoms with E-state index in [0.29, 0.717) is 12.4 Å². The van der Waals surface area contributed by atoms with Crippen LogP contribution in [0.25, 0.3) is 0 Å². The normalized spacial score (nSPS) is 34.3. The van der Waals surface area contributed by atoms with Gasteiger partial charge in [-0.2, -0.15) is 0 Å². The summed E-state index contributed by atoms with van der Waals surface area (Å²) in [6.07, 6.45) is 2.01. The highest BCUT2D eigenvalue weighted by atomic mass is 16.6. The summed E-state index contributed by atoms with van der Waals surface area (Å²) in [5, 5.41) is 9.17. The van der Waals surface area contributed by atoms with Crippen molar-refractivity contribution in [3.8, 4) is 0 Å². The number of hydrogen-bond donors (Lipinski definition) is 1. The molecule has 11 heavy (non-hydrogen) atoms. The molecule has 3 heteroatoms. The van der Waals surface area contributed by atoms with E-state index in [2.05, 4.69) is 6.58 Å². The van der Waals surface area contributed by atoms with Gasteiger partial charge in [-0.3, -0.25) is 0 Å². The van der Waals surface area contributed by atoms with Crippen molar-refractivity contribution in [1.29, 1.82) is 0 Å². The molecule has 2 aliphatic rings. The summed E-state index contributed by atoms with van der Waals surface area (Å²) in [6.45, 7) is 3.95. The lowest BCUT2D eigenvalue weighted by molar-refractivity contribution is 0.0167. The fraction of sp³-hybridized carbons (Fsp3) is 0.500.